The fraction of sp³-hybridized carbons (Fsp3) is 0.762. The van der Waals surface area contributed by atoms with Gasteiger partial charge in [-0.25, -0.2) is 0 Å². The Kier molecular flexibility index (Phi) is 9.86. The van der Waals surface area contributed by atoms with Gasteiger partial charge in [-0.05, 0) is 53.1 Å². The Morgan fingerprint density at radius 2 is 2.03 bits per heavy atom. The van der Waals surface area contributed by atoms with Crippen LogP contribution in [0.2, 0.25) is 0 Å². The quantitative estimate of drug-likeness (QED) is 0.272. The van der Waals surface area contributed by atoms with Crippen LogP contribution in [0.15, 0.2) is 17.4 Å². The van der Waals surface area contributed by atoms with E-state index in [1.165, 1.54) is 0 Å². The first-order valence-corrected chi connectivity index (χ1v) is 11.0. The Hall–Kier alpha value is -1.36. The molecule has 9 heteroatoms. The van der Waals surface area contributed by atoms with Crippen LogP contribution in [-0.2, 0) is 11.8 Å². The fourth-order valence-corrected chi connectivity index (χ4v) is 3.98. The monoisotopic (exact) mass is 531 g/mol. The summed E-state index contributed by atoms with van der Waals surface area (Å²) in [6, 6.07) is 0.889. The number of guanidine groups is 1. The Labute approximate surface area is 197 Å². The van der Waals surface area contributed by atoms with Gasteiger partial charge in [0.05, 0.1) is 18.8 Å². The number of likely N-dealkylation sites (N-methyl/N-ethyl adjacent to an activating group) is 1. The Morgan fingerprint density at radius 1 is 1.27 bits per heavy atom. The molecule has 2 aliphatic rings. The molecule has 2 saturated carbocycles. The zero-order valence-corrected chi connectivity index (χ0v) is 21.1. The van der Waals surface area contributed by atoms with Gasteiger partial charge in [-0.2, -0.15) is 5.10 Å². The van der Waals surface area contributed by atoms with Crippen LogP contribution in [0.3, 0.4) is 0 Å². The van der Waals surface area contributed by atoms with E-state index in [9.17, 15) is 4.79 Å². The van der Waals surface area contributed by atoms with Crippen molar-refractivity contribution in [2.75, 3.05) is 27.2 Å². The second kappa shape index (κ2) is 11.9. The smallest absolute Gasteiger partial charge is 0.223 e. The largest absolute Gasteiger partial charge is 0.357 e. The summed E-state index contributed by atoms with van der Waals surface area (Å²) in [6.07, 6.45) is 10.3. The van der Waals surface area contributed by atoms with Crippen LogP contribution in [0.1, 0.15) is 57.1 Å². The summed E-state index contributed by atoms with van der Waals surface area (Å²) >= 11 is 0. The lowest BCUT2D eigenvalue weighted by atomic mass is 9.85. The molecule has 0 saturated heterocycles. The predicted molar refractivity (Wildman–Crippen MR) is 131 cm³/mol. The number of amides is 1. The highest BCUT2D eigenvalue weighted by molar-refractivity contribution is 14.0. The van der Waals surface area contributed by atoms with Gasteiger partial charge in [-0.3, -0.25) is 14.5 Å². The number of carbonyl (C=O) groups excluding carboxylic acids is 1. The Morgan fingerprint density at radius 3 is 2.63 bits per heavy atom. The molecule has 2 aliphatic carbocycles. The molecule has 3 atom stereocenters. The molecule has 3 rings (SSSR count). The summed E-state index contributed by atoms with van der Waals surface area (Å²) < 4.78 is 1.83. The number of rotatable bonds is 8. The van der Waals surface area contributed by atoms with Crippen molar-refractivity contribution in [1.82, 2.24) is 30.6 Å². The van der Waals surface area contributed by atoms with Crippen LogP contribution in [0.5, 0.6) is 0 Å². The molecule has 1 heterocycles. The van der Waals surface area contributed by atoms with Gasteiger partial charge in [-0.1, -0.05) is 6.42 Å². The summed E-state index contributed by atoms with van der Waals surface area (Å²) in [7, 11) is 6.07. The van der Waals surface area contributed by atoms with Crippen LogP contribution in [0, 0.1) is 5.92 Å². The van der Waals surface area contributed by atoms with Gasteiger partial charge in [0.2, 0.25) is 5.91 Å². The van der Waals surface area contributed by atoms with Gasteiger partial charge in [0.1, 0.15) is 0 Å². The summed E-state index contributed by atoms with van der Waals surface area (Å²) in [5.41, 5.74) is 1.16. The second-order valence-electron chi connectivity index (χ2n) is 8.63. The molecule has 2 fully saturated rings. The number of nitrogens with one attached hydrogen (secondary N) is 3. The highest BCUT2D eigenvalue weighted by Gasteiger charge is 2.31. The van der Waals surface area contributed by atoms with Crippen LogP contribution in [-0.4, -0.2) is 65.8 Å². The molecular formula is C21H38IN7O. The van der Waals surface area contributed by atoms with Crippen molar-refractivity contribution >= 4 is 35.8 Å². The van der Waals surface area contributed by atoms with Crippen molar-refractivity contribution in [3.05, 3.63) is 18.0 Å². The SMILES string of the molecule is CCNC(=NCC(c1cnn(C)c1)N(C)C)NC1CCCC(C(=O)NC2CC2)C1.I. The van der Waals surface area contributed by atoms with Crippen molar-refractivity contribution in [1.29, 1.82) is 0 Å². The maximum absolute atomic E-state index is 12.5. The van der Waals surface area contributed by atoms with E-state index in [1.807, 2.05) is 24.1 Å². The van der Waals surface area contributed by atoms with Crippen molar-refractivity contribution in [3.8, 4) is 0 Å². The van der Waals surface area contributed by atoms with Crippen molar-refractivity contribution in [3.63, 3.8) is 0 Å². The third kappa shape index (κ3) is 7.40. The van der Waals surface area contributed by atoms with E-state index < -0.39 is 0 Å². The number of nitrogens with zero attached hydrogens (tertiary/aromatic N) is 4. The summed E-state index contributed by atoms with van der Waals surface area (Å²) in [4.78, 5) is 19.5. The molecule has 0 bridgehead atoms. The molecule has 0 aromatic carbocycles. The highest BCUT2D eigenvalue weighted by Crippen LogP contribution is 2.27. The minimum atomic E-state index is 0. The lowest BCUT2D eigenvalue weighted by Gasteiger charge is -2.30. The lowest BCUT2D eigenvalue weighted by molar-refractivity contribution is -0.126. The van der Waals surface area contributed by atoms with Gasteiger partial charge < -0.3 is 20.9 Å². The van der Waals surface area contributed by atoms with Crippen molar-refractivity contribution in [2.24, 2.45) is 18.0 Å². The average molecular weight is 531 g/mol. The van der Waals surface area contributed by atoms with E-state index in [2.05, 4.69) is 47.0 Å². The van der Waals surface area contributed by atoms with Crippen LogP contribution < -0.4 is 16.0 Å². The normalized spacial score (nSPS) is 22.9. The molecule has 0 spiro atoms. The number of aryl methyl sites for hydroxylation is 1. The third-order valence-electron chi connectivity index (χ3n) is 5.81. The zero-order chi connectivity index (χ0) is 20.8. The topological polar surface area (TPSA) is 86.6 Å². The summed E-state index contributed by atoms with van der Waals surface area (Å²) in [6.45, 7) is 3.53. The molecule has 170 valence electrons. The molecule has 30 heavy (non-hydrogen) atoms. The first-order chi connectivity index (χ1) is 14.0. The summed E-state index contributed by atoms with van der Waals surface area (Å²) in [5.74, 6) is 1.19. The lowest BCUT2D eigenvalue weighted by Crippen LogP contribution is -2.47. The predicted octanol–water partition coefficient (Wildman–Crippen LogP) is 2.03. The highest BCUT2D eigenvalue weighted by atomic mass is 127. The van der Waals surface area contributed by atoms with Gasteiger partial charge in [0, 0.05) is 43.4 Å². The van der Waals surface area contributed by atoms with Gasteiger partial charge in [-0.15, -0.1) is 24.0 Å². The first kappa shape index (κ1) is 24.9. The van der Waals surface area contributed by atoms with E-state index >= 15 is 0 Å². The van der Waals surface area contributed by atoms with Gasteiger partial charge in [0.15, 0.2) is 5.96 Å². The second-order valence-corrected chi connectivity index (χ2v) is 8.63. The minimum Gasteiger partial charge on any atom is -0.357 e. The maximum Gasteiger partial charge on any atom is 0.223 e. The molecule has 1 amide bonds. The van der Waals surface area contributed by atoms with E-state index in [0.717, 1.165) is 56.6 Å². The Bertz CT molecular complexity index is 701. The summed E-state index contributed by atoms with van der Waals surface area (Å²) in [5, 5.41) is 14.4. The number of aliphatic imine (C=N–C) groups is 1. The minimum absolute atomic E-state index is 0. The number of hydrogen-bond donors (Lipinski definition) is 3. The molecule has 3 unspecified atom stereocenters. The van der Waals surface area contributed by atoms with E-state index in [-0.39, 0.29) is 47.9 Å². The average Bonchev–Trinajstić information content (AvgIpc) is 3.40. The number of hydrogen-bond acceptors (Lipinski definition) is 4. The molecule has 0 radical (unpaired) electrons. The molecular weight excluding hydrogens is 493 g/mol. The zero-order valence-electron chi connectivity index (χ0n) is 18.7. The molecule has 3 N–H and O–H groups in total. The standard InChI is InChI=1S/C21H37N7O.HI/c1-5-22-21(23-13-19(27(2)3)16-12-24-28(4)14-16)26-18-8-6-7-15(11-18)20(29)25-17-9-10-17;/h12,14-15,17-19H,5-11,13H2,1-4H3,(H,25,29)(H2,22,23,26);1H. The maximum atomic E-state index is 12.5. The van der Waals surface area contributed by atoms with Crippen LogP contribution in [0.4, 0.5) is 0 Å². The van der Waals surface area contributed by atoms with E-state index in [1.54, 1.807) is 0 Å². The first-order valence-electron chi connectivity index (χ1n) is 11.0. The molecule has 1 aromatic rings. The van der Waals surface area contributed by atoms with Crippen molar-refractivity contribution < 1.29 is 4.79 Å². The van der Waals surface area contributed by atoms with Gasteiger partial charge >= 0.3 is 0 Å². The third-order valence-corrected chi connectivity index (χ3v) is 5.81. The molecule has 0 aliphatic heterocycles. The van der Waals surface area contributed by atoms with Gasteiger partial charge in [0.25, 0.3) is 0 Å². The van der Waals surface area contributed by atoms with E-state index in [4.69, 9.17) is 4.99 Å². The molecule has 1 aromatic heterocycles. The number of aromatic nitrogens is 2. The molecule has 8 nitrogen and oxygen atoms in total. The van der Waals surface area contributed by atoms with E-state index in [0.29, 0.717) is 12.6 Å². The fourth-order valence-electron chi connectivity index (χ4n) is 3.98. The Balaban J connectivity index is 0.00000320. The van der Waals surface area contributed by atoms with Crippen LogP contribution in [0.25, 0.3) is 0 Å². The number of carbonyl (C=O) groups is 1. The van der Waals surface area contributed by atoms with Crippen LogP contribution >= 0.6 is 24.0 Å². The van der Waals surface area contributed by atoms with Crippen molar-refractivity contribution in [2.45, 2.75) is 63.6 Å². The number of halogens is 1.